The van der Waals surface area contributed by atoms with E-state index in [9.17, 15) is 4.79 Å². The second kappa shape index (κ2) is 9.64. The van der Waals surface area contributed by atoms with Gasteiger partial charge in [-0.2, -0.15) is 0 Å². The maximum atomic E-state index is 11.4. The molecular formula is C14H23ClN2O2. The number of rotatable bonds is 7. The van der Waals surface area contributed by atoms with Gasteiger partial charge < -0.3 is 15.8 Å². The van der Waals surface area contributed by atoms with Crippen LogP contribution in [-0.4, -0.2) is 19.1 Å². The fourth-order valence-corrected chi connectivity index (χ4v) is 1.46. The van der Waals surface area contributed by atoms with Gasteiger partial charge in [-0.25, -0.2) is 0 Å². The minimum Gasteiger partial charge on any atom is -0.493 e. The second-order valence-electron chi connectivity index (χ2n) is 4.63. The molecule has 0 radical (unpaired) electrons. The van der Waals surface area contributed by atoms with Crippen molar-refractivity contribution in [1.82, 2.24) is 5.32 Å². The van der Waals surface area contributed by atoms with Crippen molar-refractivity contribution in [2.75, 3.05) is 13.2 Å². The van der Waals surface area contributed by atoms with Crippen molar-refractivity contribution in [3.8, 4) is 5.75 Å². The molecule has 0 saturated carbocycles. The van der Waals surface area contributed by atoms with Crippen LogP contribution in [0.15, 0.2) is 24.3 Å². The molecule has 0 atom stereocenters. The molecule has 0 heterocycles. The van der Waals surface area contributed by atoms with Gasteiger partial charge in [0, 0.05) is 25.1 Å². The average Bonchev–Trinajstić information content (AvgIpc) is 2.35. The third-order valence-corrected chi connectivity index (χ3v) is 2.39. The number of para-hydroxylation sites is 1. The van der Waals surface area contributed by atoms with E-state index in [-0.39, 0.29) is 18.3 Å². The van der Waals surface area contributed by atoms with Crippen LogP contribution in [0.4, 0.5) is 0 Å². The molecule has 1 amide bonds. The summed E-state index contributed by atoms with van der Waals surface area (Å²) < 4.78 is 5.71. The summed E-state index contributed by atoms with van der Waals surface area (Å²) in [5.74, 6) is 1.28. The predicted molar refractivity (Wildman–Crippen MR) is 79.5 cm³/mol. The lowest BCUT2D eigenvalue weighted by atomic mass is 10.2. The summed E-state index contributed by atoms with van der Waals surface area (Å²) in [5, 5.41) is 2.83. The highest BCUT2D eigenvalue weighted by molar-refractivity contribution is 5.85. The SMILES string of the molecule is CC(C)COc1ccccc1CNC(=O)CCN.Cl. The Morgan fingerprint density at radius 1 is 1.37 bits per heavy atom. The lowest BCUT2D eigenvalue weighted by Crippen LogP contribution is -2.25. The molecule has 1 aromatic rings. The molecule has 0 aliphatic heterocycles. The lowest BCUT2D eigenvalue weighted by Gasteiger charge is -2.13. The summed E-state index contributed by atoms with van der Waals surface area (Å²) in [7, 11) is 0. The fourth-order valence-electron chi connectivity index (χ4n) is 1.46. The number of hydrogen-bond acceptors (Lipinski definition) is 3. The molecule has 0 spiro atoms. The molecule has 5 heteroatoms. The maximum Gasteiger partial charge on any atom is 0.221 e. The maximum absolute atomic E-state index is 11.4. The molecule has 108 valence electrons. The highest BCUT2D eigenvalue weighted by Crippen LogP contribution is 2.18. The van der Waals surface area contributed by atoms with Crippen LogP contribution in [0.25, 0.3) is 0 Å². The van der Waals surface area contributed by atoms with Crippen LogP contribution < -0.4 is 15.8 Å². The largest absolute Gasteiger partial charge is 0.493 e. The van der Waals surface area contributed by atoms with Crippen LogP contribution in [0.3, 0.4) is 0 Å². The standard InChI is InChI=1S/C14H22N2O2.ClH/c1-11(2)10-18-13-6-4-3-5-12(13)9-16-14(17)7-8-15;/h3-6,11H,7-10,15H2,1-2H3,(H,16,17);1H. The molecule has 1 aromatic carbocycles. The van der Waals surface area contributed by atoms with Crippen molar-refractivity contribution in [2.24, 2.45) is 11.7 Å². The molecule has 0 unspecified atom stereocenters. The smallest absolute Gasteiger partial charge is 0.221 e. The summed E-state index contributed by atoms with van der Waals surface area (Å²) in [6.45, 7) is 5.73. The van der Waals surface area contributed by atoms with Crippen LogP contribution >= 0.6 is 12.4 Å². The number of carbonyl (C=O) groups is 1. The van der Waals surface area contributed by atoms with Crippen LogP contribution in [0.5, 0.6) is 5.75 Å². The van der Waals surface area contributed by atoms with E-state index >= 15 is 0 Å². The van der Waals surface area contributed by atoms with Crippen molar-refractivity contribution < 1.29 is 9.53 Å². The molecular weight excluding hydrogens is 264 g/mol. The van der Waals surface area contributed by atoms with E-state index in [1.54, 1.807) is 0 Å². The van der Waals surface area contributed by atoms with Crippen molar-refractivity contribution in [3.05, 3.63) is 29.8 Å². The first-order valence-electron chi connectivity index (χ1n) is 6.31. The zero-order valence-corrected chi connectivity index (χ0v) is 12.3. The first-order chi connectivity index (χ1) is 8.63. The Morgan fingerprint density at radius 2 is 2.05 bits per heavy atom. The van der Waals surface area contributed by atoms with Gasteiger partial charge in [-0.3, -0.25) is 4.79 Å². The molecule has 4 nitrogen and oxygen atoms in total. The summed E-state index contributed by atoms with van der Waals surface area (Å²) >= 11 is 0. The van der Waals surface area contributed by atoms with Gasteiger partial charge in [-0.15, -0.1) is 12.4 Å². The van der Waals surface area contributed by atoms with Gasteiger partial charge in [0.25, 0.3) is 0 Å². The minimum absolute atomic E-state index is 0. The van der Waals surface area contributed by atoms with E-state index in [0.29, 0.717) is 32.0 Å². The van der Waals surface area contributed by atoms with Crippen LogP contribution in [0.1, 0.15) is 25.8 Å². The highest BCUT2D eigenvalue weighted by Gasteiger charge is 2.05. The van der Waals surface area contributed by atoms with E-state index < -0.39 is 0 Å². The number of ether oxygens (including phenoxy) is 1. The molecule has 0 bridgehead atoms. The van der Waals surface area contributed by atoms with E-state index in [1.165, 1.54) is 0 Å². The Labute approximate surface area is 121 Å². The molecule has 0 aliphatic rings. The lowest BCUT2D eigenvalue weighted by molar-refractivity contribution is -0.121. The zero-order valence-electron chi connectivity index (χ0n) is 11.5. The van der Waals surface area contributed by atoms with Crippen LogP contribution in [0, 0.1) is 5.92 Å². The Bertz CT molecular complexity index is 383. The van der Waals surface area contributed by atoms with Gasteiger partial charge in [0.05, 0.1) is 6.61 Å². The molecule has 0 aromatic heterocycles. The Balaban J connectivity index is 0.00000324. The third-order valence-electron chi connectivity index (χ3n) is 2.39. The van der Waals surface area contributed by atoms with Gasteiger partial charge in [-0.05, 0) is 12.0 Å². The van der Waals surface area contributed by atoms with Gasteiger partial charge >= 0.3 is 0 Å². The van der Waals surface area contributed by atoms with Crippen LogP contribution in [0.2, 0.25) is 0 Å². The van der Waals surface area contributed by atoms with Crippen LogP contribution in [-0.2, 0) is 11.3 Å². The fraction of sp³-hybridized carbons (Fsp3) is 0.500. The second-order valence-corrected chi connectivity index (χ2v) is 4.63. The molecule has 19 heavy (non-hydrogen) atoms. The number of amides is 1. The summed E-state index contributed by atoms with van der Waals surface area (Å²) in [6, 6.07) is 7.75. The Hall–Kier alpha value is -1.26. The van der Waals surface area contributed by atoms with Gasteiger partial charge in [0.15, 0.2) is 0 Å². The molecule has 3 N–H and O–H groups in total. The first kappa shape index (κ1) is 17.7. The van der Waals surface area contributed by atoms with E-state index in [4.69, 9.17) is 10.5 Å². The predicted octanol–water partition coefficient (Wildman–Crippen LogP) is 2.11. The minimum atomic E-state index is -0.0313. The number of hydrogen-bond donors (Lipinski definition) is 2. The van der Waals surface area contributed by atoms with Crippen molar-refractivity contribution in [2.45, 2.75) is 26.8 Å². The summed E-state index contributed by atoms with van der Waals surface area (Å²) in [5.41, 5.74) is 6.31. The van der Waals surface area contributed by atoms with E-state index in [1.807, 2.05) is 24.3 Å². The van der Waals surface area contributed by atoms with E-state index in [0.717, 1.165) is 11.3 Å². The van der Waals surface area contributed by atoms with E-state index in [2.05, 4.69) is 19.2 Å². The quantitative estimate of drug-likeness (QED) is 0.807. The summed E-state index contributed by atoms with van der Waals surface area (Å²) in [4.78, 5) is 11.4. The number of nitrogens with one attached hydrogen (secondary N) is 1. The average molecular weight is 287 g/mol. The van der Waals surface area contributed by atoms with Gasteiger partial charge in [0.2, 0.25) is 5.91 Å². The molecule has 0 saturated heterocycles. The number of carbonyl (C=O) groups excluding carboxylic acids is 1. The van der Waals surface area contributed by atoms with Gasteiger partial charge in [0.1, 0.15) is 5.75 Å². The number of halogens is 1. The Kier molecular flexibility index (Phi) is 9.00. The molecule has 0 fully saturated rings. The normalized spacial score (nSPS) is 9.89. The van der Waals surface area contributed by atoms with Gasteiger partial charge in [-0.1, -0.05) is 32.0 Å². The number of nitrogens with two attached hydrogens (primary N) is 1. The van der Waals surface area contributed by atoms with Crippen molar-refractivity contribution >= 4 is 18.3 Å². The third kappa shape index (κ3) is 7.03. The monoisotopic (exact) mass is 286 g/mol. The number of benzene rings is 1. The topological polar surface area (TPSA) is 64.3 Å². The molecule has 1 rings (SSSR count). The highest BCUT2D eigenvalue weighted by atomic mass is 35.5. The Morgan fingerprint density at radius 3 is 2.68 bits per heavy atom. The zero-order chi connectivity index (χ0) is 13.4. The molecule has 0 aliphatic carbocycles. The van der Waals surface area contributed by atoms with Crippen molar-refractivity contribution in [1.29, 1.82) is 0 Å². The van der Waals surface area contributed by atoms with Crippen molar-refractivity contribution in [3.63, 3.8) is 0 Å². The summed E-state index contributed by atoms with van der Waals surface area (Å²) in [6.07, 6.45) is 0.356. The first-order valence-corrected chi connectivity index (χ1v) is 6.31.